The molecule has 0 unspecified atom stereocenters. The predicted molar refractivity (Wildman–Crippen MR) is 54.2 cm³/mol. The summed E-state index contributed by atoms with van der Waals surface area (Å²) in [6, 6.07) is 5.72. The van der Waals surface area contributed by atoms with Crippen LogP contribution in [0.15, 0.2) is 28.8 Å². The number of non-ortho nitro benzene ring substituents is 1. The quantitative estimate of drug-likeness (QED) is 0.337. The number of nitro benzene ring substituents is 1. The number of nitrogens with zero attached hydrogens (tertiary/aromatic N) is 2. The van der Waals surface area contributed by atoms with Crippen LogP contribution in [0.5, 0.6) is 0 Å². The third-order valence-corrected chi connectivity index (χ3v) is 1.62. The average Bonchev–Trinajstić information content (AvgIpc) is 2.18. The fraction of sp³-hybridized carbons (Fsp3) is 0. The normalized spacial score (nSPS) is 11.1. The minimum atomic E-state index is -0.483. The molecule has 0 amide bonds. The van der Waals surface area contributed by atoms with Crippen molar-refractivity contribution in [3.8, 4) is 0 Å². The van der Waals surface area contributed by atoms with Gasteiger partial charge in [0, 0.05) is 29.6 Å². The third kappa shape index (κ3) is 2.60. The highest BCUT2D eigenvalue weighted by molar-refractivity contribution is 6.20. The first kappa shape index (κ1) is 10.3. The lowest BCUT2D eigenvalue weighted by molar-refractivity contribution is -0.384. The summed E-state index contributed by atoms with van der Waals surface area (Å²) in [5.41, 5.74) is 5.87. The Labute approximate surface area is 84.6 Å². The van der Waals surface area contributed by atoms with Gasteiger partial charge in [-0.3, -0.25) is 10.1 Å². The van der Waals surface area contributed by atoms with E-state index in [0.29, 0.717) is 5.69 Å². The van der Waals surface area contributed by atoms with Crippen molar-refractivity contribution in [1.82, 2.24) is 0 Å². The van der Waals surface area contributed by atoms with Crippen LogP contribution in [-0.2, 0) is 0 Å². The number of rotatable bonds is 2. The molecule has 7 heteroatoms. The Morgan fingerprint density at radius 1 is 1.50 bits per heavy atom. The van der Waals surface area contributed by atoms with E-state index in [4.69, 9.17) is 17.5 Å². The molecule has 1 rings (SSSR count). The van der Waals surface area contributed by atoms with Crippen molar-refractivity contribution in [2.75, 3.05) is 5.32 Å². The average molecular weight is 215 g/mol. The van der Waals surface area contributed by atoms with Crippen LogP contribution in [0, 0.1) is 10.1 Å². The van der Waals surface area contributed by atoms with Gasteiger partial charge in [0.25, 0.3) is 5.69 Å². The van der Waals surface area contributed by atoms with Crippen molar-refractivity contribution in [3.05, 3.63) is 34.4 Å². The SMILES string of the molecule is NC(=NCl)Nc1ccc([N+](=O)[O-])cc1. The second-order valence-electron chi connectivity index (χ2n) is 2.40. The summed E-state index contributed by atoms with van der Waals surface area (Å²) >= 11 is 5.08. The third-order valence-electron chi connectivity index (χ3n) is 1.44. The molecule has 0 atom stereocenters. The Morgan fingerprint density at radius 3 is 2.50 bits per heavy atom. The minimum absolute atomic E-state index is 0.0110. The van der Waals surface area contributed by atoms with Gasteiger partial charge in [-0.1, -0.05) is 0 Å². The van der Waals surface area contributed by atoms with E-state index in [0.717, 1.165) is 0 Å². The first-order valence-corrected chi connectivity index (χ1v) is 3.93. The Morgan fingerprint density at radius 2 is 2.07 bits per heavy atom. The van der Waals surface area contributed by atoms with Gasteiger partial charge in [-0.15, -0.1) is 4.51 Å². The number of benzene rings is 1. The second kappa shape index (κ2) is 4.43. The van der Waals surface area contributed by atoms with Crippen LogP contribution in [-0.4, -0.2) is 10.9 Å². The lowest BCUT2D eigenvalue weighted by atomic mass is 10.3. The summed E-state index contributed by atoms with van der Waals surface area (Å²) in [4.78, 5) is 9.82. The highest BCUT2D eigenvalue weighted by atomic mass is 35.5. The van der Waals surface area contributed by atoms with Crippen molar-refractivity contribution >= 4 is 29.1 Å². The maximum absolute atomic E-state index is 10.3. The zero-order chi connectivity index (χ0) is 10.6. The summed E-state index contributed by atoms with van der Waals surface area (Å²) in [6.07, 6.45) is 0. The zero-order valence-corrected chi connectivity index (χ0v) is 7.73. The van der Waals surface area contributed by atoms with Gasteiger partial charge in [-0.25, -0.2) is 0 Å². The molecule has 0 aromatic heterocycles. The molecule has 0 aliphatic carbocycles. The Bertz CT molecular complexity index is 362. The van der Waals surface area contributed by atoms with E-state index in [1.165, 1.54) is 24.3 Å². The number of guanidine groups is 1. The van der Waals surface area contributed by atoms with Crippen molar-refractivity contribution in [1.29, 1.82) is 0 Å². The number of anilines is 1. The maximum atomic E-state index is 10.3. The summed E-state index contributed by atoms with van der Waals surface area (Å²) in [7, 11) is 0. The zero-order valence-electron chi connectivity index (χ0n) is 6.98. The molecule has 0 aliphatic heterocycles. The maximum Gasteiger partial charge on any atom is 0.269 e. The highest BCUT2D eigenvalue weighted by Gasteiger charge is 2.03. The molecule has 0 fully saturated rings. The molecule has 0 aliphatic rings. The lowest BCUT2D eigenvalue weighted by Gasteiger charge is -2.02. The van der Waals surface area contributed by atoms with Crippen molar-refractivity contribution in [3.63, 3.8) is 0 Å². The molecule has 14 heavy (non-hydrogen) atoms. The van der Waals surface area contributed by atoms with E-state index >= 15 is 0 Å². The van der Waals surface area contributed by atoms with Gasteiger partial charge in [0.1, 0.15) is 0 Å². The van der Waals surface area contributed by atoms with E-state index < -0.39 is 4.92 Å². The Hall–Kier alpha value is -1.82. The van der Waals surface area contributed by atoms with Gasteiger partial charge in [0.15, 0.2) is 0 Å². The standard InChI is InChI=1S/C7H7ClN4O2/c8-11-7(9)10-5-1-3-6(4-2-5)12(13)14/h1-4H,(H3,9,10,11). The van der Waals surface area contributed by atoms with Crippen LogP contribution in [0.4, 0.5) is 11.4 Å². The number of halogens is 1. The van der Waals surface area contributed by atoms with Crippen LogP contribution in [0.3, 0.4) is 0 Å². The lowest BCUT2D eigenvalue weighted by Crippen LogP contribution is -2.21. The molecular formula is C7H7ClN4O2. The van der Waals surface area contributed by atoms with E-state index in [1.807, 2.05) is 0 Å². The highest BCUT2D eigenvalue weighted by Crippen LogP contribution is 2.14. The van der Waals surface area contributed by atoms with E-state index in [2.05, 4.69) is 9.83 Å². The second-order valence-corrected chi connectivity index (χ2v) is 2.57. The Kier molecular flexibility index (Phi) is 3.24. The number of nitro groups is 1. The molecule has 74 valence electrons. The molecule has 0 bridgehead atoms. The van der Waals surface area contributed by atoms with Gasteiger partial charge in [0.05, 0.1) is 4.92 Å². The van der Waals surface area contributed by atoms with Crippen LogP contribution in [0.2, 0.25) is 0 Å². The van der Waals surface area contributed by atoms with Crippen molar-refractivity contribution < 1.29 is 4.92 Å². The molecule has 6 nitrogen and oxygen atoms in total. The summed E-state index contributed by atoms with van der Waals surface area (Å²) < 4.78 is 3.16. The van der Waals surface area contributed by atoms with Crippen LogP contribution in [0.25, 0.3) is 0 Å². The van der Waals surface area contributed by atoms with Crippen molar-refractivity contribution in [2.24, 2.45) is 10.2 Å². The van der Waals surface area contributed by atoms with Gasteiger partial charge >= 0.3 is 0 Å². The fourth-order valence-electron chi connectivity index (χ4n) is 0.835. The molecule has 3 N–H and O–H groups in total. The summed E-state index contributed by atoms with van der Waals surface area (Å²) in [5, 5.41) is 12.9. The molecule has 1 aromatic rings. The molecule has 1 aromatic carbocycles. The van der Waals surface area contributed by atoms with E-state index in [1.54, 1.807) is 0 Å². The van der Waals surface area contributed by atoms with Gasteiger partial charge in [0.2, 0.25) is 5.96 Å². The van der Waals surface area contributed by atoms with Gasteiger partial charge in [-0.05, 0) is 12.1 Å². The fourth-order valence-corrected chi connectivity index (χ4v) is 0.878. The number of nitrogens with two attached hydrogens (primary N) is 1. The molecule has 0 heterocycles. The molecule has 0 saturated heterocycles. The number of hydrogen-bond acceptors (Lipinski definition) is 3. The molecule has 0 spiro atoms. The van der Waals surface area contributed by atoms with E-state index in [-0.39, 0.29) is 11.6 Å². The van der Waals surface area contributed by atoms with E-state index in [9.17, 15) is 10.1 Å². The largest absolute Gasteiger partial charge is 0.369 e. The summed E-state index contributed by atoms with van der Waals surface area (Å²) in [6.45, 7) is 0. The summed E-state index contributed by atoms with van der Waals surface area (Å²) in [5.74, 6) is 0.0283. The number of nitrogens with one attached hydrogen (secondary N) is 1. The topological polar surface area (TPSA) is 93.5 Å². The van der Waals surface area contributed by atoms with Crippen molar-refractivity contribution in [2.45, 2.75) is 0 Å². The number of hydrogen-bond donors (Lipinski definition) is 2. The monoisotopic (exact) mass is 214 g/mol. The van der Waals surface area contributed by atoms with Crippen LogP contribution in [0.1, 0.15) is 0 Å². The molecule has 0 saturated carbocycles. The van der Waals surface area contributed by atoms with Crippen LogP contribution >= 0.6 is 11.8 Å². The smallest absolute Gasteiger partial charge is 0.269 e. The minimum Gasteiger partial charge on any atom is -0.369 e. The first-order valence-electron chi connectivity index (χ1n) is 3.59. The van der Waals surface area contributed by atoms with Crippen LogP contribution < -0.4 is 11.1 Å². The first-order chi connectivity index (χ1) is 6.63. The molecular weight excluding hydrogens is 208 g/mol. The predicted octanol–water partition coefficient (Wildman–Crippen LogP) is 1.48. The Balaban J connectivity index is 2.79. The molecule has 0 radical (unpaired) electrons. The van der Waals surface area contributed by atoms with Gasteiger partial charge < -0.3 is 11.1 Å². The van der Waals surface area contributed by atoms with Gasteiger partial charge in [-0.2, -0.15) is 0 Å².